The Hall–Kier alpha value is -1.49. The number of hydrogen-bond donors (Lipinski definition) is 1. The molecule has 1 aliphatic rings. The molecule has 0 radical (unpaired) electrons. The van der Waals surface area contributed by atoms with Crippen molar-refractivity contribution in [2.75, 3.05) is 0 Å². The van der Waals surface area contributed by atoms with Crippen molar-refractivity contribution in [1.29, 1.82) is 0 Å². The van der Waals surface area contributed by atoms with Gasteiger partial charge >= 0.3 is 0 Å². The van der Waals surface area contributed by atoms with Crippen molar-refractivity contribution in [3.63, 3.8) is 0 Å². The molecule has 1 unspecified atom stereocenters. The Morgan fingerprint density at radius 2 is 1.93 bits per heavy atom. The number of imide groups is 1. The molecule has 1 saturated heterocycles. The topological polar surface area (TPSA) is 55.4 Å². The van der Waals surface area contributed by atoms with Crippen molar-refractivity contribution in [2.24, 2.45) is 0 Å². The van der Waals surface area contributed by atoms with E-state index in [1.807, 2.05) is 6.07 Å². The molecule has 1 aliphatic heterocycles. The lowest BCUT2D eigenvalue weighted by atomic mass is 10.3. The number of nitrogens with one attached hydrogen (secondary N) is 1. The van der Waals surface area contributed by atoms with Gasteiger partial charge in [0.1, 0.15) is 5.75 Å². The highest BCUT2D eigenvalue weighted by molar-refractivity contribution is 8.15. The molecule has 0 spiro atoms. The molecule has 1 N–H and O–H groups in total. The zero-order valence-electron chi connectivity index (χ0n) is 7.10. The molecule has 0 aliphatic carbocycles. The molecule has 0 aromatic heterocycles. The van der Waals surface area contributed by atoms with E-state index in [2.05, 4.69) is 5.32 Å². The number of carbonyl (C=O) groups excluding carboxylic acids is 2. The number of carbonyl (C=O) groups is 2. The first-order valence-corrected chi connectivity index (χ1v) is 4.87. The van der Waals surface area contributed by atoms with Crippen molar-refractivity contribution >= 4 is 22.9 Å². The average molecular weight is 209 g/mol. The minimum absolute atomic E-state index is 0.365. The van der Waals surface area contributed by atoms with Gasteiger partial charge in [0, 0.05) is 0 Å². The van der Waals surface area contributed by atoms with Gasteiger partial charge in [-0.3, -0.25) is 14.9 Å². The third-order valence-electron chi connectivity index (χ3n) is 1.64. The molecule has 1 atom stereocenters. The minimum Gasteiger partial charge on any atom is -0.469 e. The number of hydrogen-bond acceptors (Lipinski definition) is 4. The summed E-state index contributed by atoms with van der Waals surface area (Å²) >= 11 is 0.847. The predicted molar refractivity (Wildman–Crippen MR) is 52.0 cm³/mol. The Morgan fingerprint density at radius 1 is 1.21 bits per heavy atom. The van der Waals surface area contributed by atoms with Gasteiger partial charge in [-0.05, 0) is 23.9 Å². The summed E-state index contributed by atoms with van der Waals surface area (Å²) in [6.45, 7) is 0. The largest absolute Gasteiger partial charge is 0.469 e. The van der Waals surface area contributed by atoms with E-state index in [-0.39, 0.29) is 5.24 Å². The molecule has 14 heavy (non-hydrogen) atoms. The quantitative estimate of drug-likeness (QED) is 0.799. The summed E-state index contributed by atoms with van der Waals surface area (Å²) in [5.74, 6) is 0.179. The van der Waals surface area contributed by atoms with Crippen LogP contribution in [-0.2, 0) is 4.79 Å². The van der Waals surface area contributed by atoms with E-state index in [1.165, 1.54) is 0 Å². The fourth-order valence-electron chi connectivity index (χ4n) is 1.04. The maximum absolute atomic E-state index is 11.1. The summed E-state index contributed by atoms with van der Waals surface area (Å²) in [7, 11) is 0. The summed E-state index contributed by atoms with van der Waals surface area (Å²) < 4.78 is 5.29. The van der Waals surface area contributed by atoms with Crippen LogP contribution < -0.4 is 10.1 Å². The van der Waals surface area contributed by atoms with Crippen LogP contribution in [0.5, 0.6) is 5.75 Å². The highest BCUT2D eigenvalue weighted by atomic mass is 32.2. The van der Waals surface area contributed by atoms with Crippen LogP contribution in [-0.4, -0.2) is 16.6 Å². The second kappa shape index (κ2) is 3.71. The number of para-hydroxylation sites is 1. The highest BCUT2D eigenvalue weighted by Crippen LogP contribution is 2.22. The molecule has 1 aromatic rings. The summed E-state index contributed by atoms with van der Waals surface area (Å²) in [4.78, 5) is 21.9. The van der Waals surface area contributed by atoms with Crippen LogP contribution in [0.3, 0.4) is 0 Å². The van der Waals surface area contributed by atoms with Gasteiger partial charge in [-0.1, -0.05) is 18.2 Å². The monoisotopic (exact) mass is 209 g/mol. The van der Waals surface area contributed by atoms with E-state index in [4.69, 9.17) is 4.74 Å². The lowest BCUT2D eigenvalue weighted by Gasteiger charge is -2.08. The average Bonchev–Trinajstić information content (AvgIpc) is 2.47. The van der Waals surface area contributed by atoms with Gasteiger partial charge < -0.3 is 4.74 Å². The Kier molecular flexibility index (Phi) is 2.41. The maximum atomic E-state index is 11.1. The van der Waals surface area contributed by atoms with Gasteiger partial charge in [-0.15, -0.1) is 0 Å². The van der Waals surface area contributed by atoms with E-state index in [0.717, 1.165) is 11.8 Å². The summed E-state index contributed by atoms with van der Waals surface area (Å²) in [5.41, 5.74) is -0.759. The first kappa shape index (κ1) is 9.08. The second-order valence-electron chi connectivity index (χ2n) is 2.66. The molecule has 72 valence electrons. The van der Waals surface area contributed by atoms with Crippen LogP contribution in [0, 0.1) is 0 Å². The van der Waals surface area contributed by atoms with Crippen LogP contribution in [0.25, 0.3) is 0 Å². The fraction of sp³-hybridized carbons (Fsp3) is 0.111. The van der Waals surface area contributed by atoms with Gasteiger partial charge in [0.2, 0.25) is 5.44 Å². The normalized spacial score (nSPS) is 20.7. The van der Waals surface area contributed by atoms with Gasteiger partial charge in [-0.25, -0.2) is 0 Å². The molecule has 2 amide bonds. The smallest absolute Gasteiger partial charge is 0.289 e. The molecule has 4 nitrogen and oxygen atoms in total. The minimum atomic E-state index is -0.759. The predicted octanol–water partition coefficient (Wildman–Crippen LogP) is 1.37. The van der Waals surface area contributed by atoms with Crippen molar-refractivity contribution in [1.82, 2.24) is 5.32 Å². The molecule has 2 rings (SSSR count). The molecule has 1 fully saturated rings. The van der Waals surface area contributed by atoms with E-state index in [1.54, 1.807) is 24.3 Å². The Morgan fingerprint density at radius 3 is 2.50 bits per heavy atom. The van der Waals surface area contributed by atoms with Crippen LogP contribution in [0.2, 0.25) is 0 Å². The van der Waals surface area contributed by atoms with Gasteiger partial charge in [0.15, 0.2) is 0 Å². The second-order valence-corrected chi connectivity index (χ2v) is 3.69. The number of benzene rings is 1. The SMILES string of the molecule is O=C1NC(=O)C(Oc2ccccc2)S1. The van der Waals surface area contributed by atoms with Crippen LogP contribution in [0.1, 0.15) is 0 Å². The first-order chi connectivity index (χ1) is 6.75. The van der Waals surface area contributed by atoms with Crippen molar-refractivity contribution in [2.45, 2.75) is 5.44 Å². The van der Waals surface area contributed by atoms with E-state index in [0.29, 0.717) is 5.75 Å². The van der Waals surface area contributed by atoms with Crippen molar-refractivity contribution < 1.29 is 14.3 Å². The number of thioether (sulfide) groups is 1. The zero-order valence-corrected chi connectivity index (χ0v) is 7.91. The summed E-state index contributed by atoms with van der Waals surface area (Å²) in [5, 5.41) is 1.78. The molecule has 1 heterocycles. The van der Waals surface area contributed by atoms with Crippen molar-refractivity contribution in [3.8, 4) is 5.75 Å². The Bertz CT molecular complexity index is 366. The molecular weight excluding hydrogens is 202 g/mol. The Labute approximate surface area is 84.6 Å². The first-order valence-electron chi connectivity index (χ1n) is 3.99. The number of ether oxygens (including phenoxy) is 1. The van der Waals surface area contributed by atoms with Crippen molar-refractivity contribution in [3.05, 3.63) is 30.3 Å². The third kappa shape index (κ3) is 1.88. The lowest BCUT2D eigenvalue weighted by molar-refractivity contribution is -0.122. The highest BCUT2D eigenvalue weighted by Gasteiger charge is 2.33. The summed E-state index contributed by atoms with van der Waals surface area (Å²) in [6, 6.07) is 8.91. The van der Waals surface area contributed by atoms with E-state index < -0.39 is 11.3 Å². The maximum Gasteiger partial charge on any atom is 0.289 e. The molecule has 5 heteroatoms. The molecular formula is C9H7NO3S. The Balaban J connectivity index is 2.05. The zero-order chi connectivity index (χ0) is 9.97. The van der Waals surface area contributed by atoms with E-state index >= 15 is 0 Å². The lowest BCUT2D eigenvalue weighted by Crippen LogP contribution is -2.27. The van der Waals surface area contributed by atoms with Gasteiger partial charge in [0.05, 0.1) is 0 Å². The molecule has 0 saturated carbocycles. The molecule has 0 bridgehead atoms. The number of amides is 2. The summed E-state index contributed by atoms with van der Waals surface area (Å²) in [6.07, 6.45) is 0. The van der Waals surface area contributed by atoms with Crippen LogP contribution >= 0.6 is 11.8 Å². The van der Waals surface area contributed by atoms with Crippen LogP contribution in [0.4, 0.5) is 4.79 Å². The van der Waals surface area contributed by atoms with E-state index in [9.17, 15) is 9.59 Å². The number of rotatable bonds is 2. The third-order valence-corrected chi connectivity index (χ3v) is 2.48. The molecule has 1 aromatic carbocycles. The van der Waals surface area contributed by atoms with Gasteiger partial charge in [0.25, 0.3) is 11.1 Å². The standard InChI is InChI=1S/C9H7NO3S/c11-7-8(14-9(12)10-7)13-6-4-2-1-3-5-6/h1-5,8H,(H,10,11,12). The van der Waals surface area contributed by atoms with Crippen LogP contribution in [0.15, 0.2) is 30.3 Å². The van der Waals surface area contributed by atoms with Gasteiger partial charge in [-0.2, -0.15) is 0 Å². The fourth-order valence-corrected chi connectivity index (χ4v) is 1.72.